The number of Topliss-reactive ketones (excluding diaryl/α,β-unsaturated/α-hetero) is 1. The minimum absolute atomic E-state index is 0.00216. The van der Waals surface area contributed by atoms with E-state index >= 15 is 0 Å². The van der Waals surface area contributed by atoms with E-state index < -0.39 is 11.9 Å². The van der Waals surface area contributed by atoms with Gasteiger partial charge in [0.15, 0.2) is 5.78 Å². The van der Waals surface area contributed by atoms with E-state index in [4.69, 9.17) is 4.74 Å². The Bertz CT molecular complexity index is 1280. The van der Waals surface area contributed by atoms with Crippen LogP contribution in [-0.2, 0) is 20.9 Å². The van der Waals surface area contributed by atoms with Crippen LogP contribution in [0, 0.1) is 5.82 Å². The van der Waals surface area contributed by atoms with Crippen LogP contribution in [0.15, 0.2) is 94.7 Å². The first-order chi connectivity index (χ1) is 16.5. The second kappa shape index (κ2) is 9.39. The number of rotatable bonds is 5. The number of ketones is 1. The maximum atomic E-state index is 13.5. The summed E-state index contributed by atoms with van der Waals surface area (Å²) in [5.41, 5.74) is 4.49. The molecular formula is C28H24FNO3S. The summed E-state index contributed by atoms with van der Waals surface area (Å²) < 4.78 is 19.1. The molecule has 1 aromatic heterocycles. The lowest BCUT2D eigenvalue weighted by atomic mass is 9.73. The zero-order valence-electron chi connectivity index (χ0n) is 18.7. The number of ether oxygens (including phenoxy) is 1. The molecule has 1 aliphatic carbocycles. The lowest BCUT2D eigenvalue weighted by Gasteiger charge is -2.36. The molecule has 0 saturated heterocycles. The highest BCUT2D eigenvalue weighted by atomic mass is 32.1. The van der Waals surface area contributed by atoms with Crippen molar-refractivity contribution in [2.75, 3.05) is 0 Å². The van der Waals surface area contributed by atoms with Crippen LogP contribution in [0.5, 0.6) is 0 Å². The van der Waals surface area contributed by atoms with E-state index in [0.717, 1.165) is 21.7 Å². The van der Waals surface area contributed by atoms with Crippen molar-refractivity contribution in [3.8, 4) is 0 Å². The van der Waals surface area contributed by atoms with Gasteiger partial charge in [0.05, 0.1) is 11.5 Å². The Labute approximate surface area is 201 Å². The summed E-state index contributed by atoms with van der Waals surface area (Å²) in [5.74, 6) is -1.21. The number of nitrogens with one attached hydrogen (secondary N) is 1. The van der Waals surface area contributed by atoms with Gasteiger partial charge in [-0.3, -0.25) is 4.79 Å². The average molecular weight is 474 g/mol. The lowest BCUT2D eigenvalue weighted by Crippen LogP contribution is -2.35. The Morgan fingerprint density at radius 1 is 1.06 bits per heavy atom. The van der Waals surface area contributed by atoms with Gasteiger partial charge in [-0.05, 0) is 54.0 Å². The molecule has 0 bridgehead atoms. The van der Waals surface area contributed by atoms with Gasteiger partial charge in [0.2, 0.25) is 0 Å². The van der Waals surface area contributed by atoms with E-state index in [1.165, 1.54) is 23.5 Å². The molecule has 2 heterocycles. The van der Waals surface area contributed by atoms with E-state index in [9.17, 15) is 14.0 Å². The van der Waals surface area contributed by atoms with Gasteiger partial charge < -0.3 is 10.1 Å². The zero-order valence-corrected chi connectivity index (χ0v) is 19.5. The predicted molar refractivity (Wildman–Crippen MR) is 130 cm³/mol. The van der Waals surface area contributed by atoms with Crippen LogP contribution in [-0.4, -0.2) is 11.8 Å². The number of allylic oxidation sites excluding steroid dienone is 3. The predicted octanol–water partition coefficient (Wildman–Crippen LogP) is 5.99. The molecule has 34 heavy (non-hydrogen) atoms. The normalized spacial score (nSPS) is 20.1. The molecule has 3 aromatic rings. The zero-order chi connectivity index (χ0) is 23.7. The number of hydrogen-bond acceptors (Lipinski definition) is 5. The van der Waals surface area contributed by atoms with Crippen LogP contribution in [0.3, 0.4) is 0 Å². The Hall–Kier alpha value is -3.51. The molecular weight excluding hydrogens is 449 g/mol. The fourth-order valence-corrected chi connectivity index (χ4v) is 5.66. The van der Waals surface area contributed by atoms with E-state index in [0.29, 0.717) is 29.7 Å². The monoisotopic (exact) mass is 473 g/mol. The lowest BCUT2D eigenvalue weighted by molar-refractivity contribution is -0.140. The molecule has 172 valence electrons. The highest BCUT2D eigenvalue weighted by Gasteiger charge is 2.41. The fourth-order valence-electron chi connectivity index (χ4n) is 4.82. The minimum Gasteiger partial charge on any atom is -0.457 e. The number of benzene rings is 2. The standard InChI is InChI=1S/C28H24FNO3S/c1-17-25(28(32)33-16-18-6-3-2-4-7-18)27(24-8-5-13-34-24)26-22(30-17)14-20(15-23(26)31)19-9-11-21(29)12-10-19/h2-13,20,27,30H,14-16H2,1H3/t20-,27-/m1/s1. The molecule has 2 aliphatic rings. The average Bonchev–Trinajstić information content (AvgIpc) is 3.37. The third kappa shape index (κ3) is 4.33. The fraction of sp³-hybridized carbons (Fsp3) is 0.214. The Balaban J connectivity index is 1.47. The van der Waals surface area contributed by atoms with Gasteiger partial charge in [-0.2, -0.15) is 0 Å². The first-order valence-corrected chi connectivity index (χ1v) is 12.1. The van der Waals surface area contributed by atoms with Crippen molar-refractivity contribution in [3.05, 3.63) is 116 Å². The number of carbonyl (C=O) groups is 2. The number of hydrogen-bond donors (Lipinski definition) is 1. The molecule has 6 heteroatoms. The van der Waals surface area contributed by atoms with Gasteiger partial charge >= 0.3 is 5.97 Å². The van der Waals surface area contributed by atoms with E-state index in [2.05, 4.69) is 5.32 Å². The molecule has 2 aromatic carbocycles. The maximum absolute atomic E-state index is 13.5. The van der Waals surface area contributed by atoms with Crippen LogP contribution in [0.2, 0.25) is 0 Å². The topological polar surface area (TPSA) is 55.4 Å². The number of halogens is 1. The third-order valence-corrected chi connectivity index (χ3v) is 7.37. The van der Waals surface area contributed by atoms with Crippen molar-refractivity contribution in [2.45, 2.75) is 38.2 Å². The van der Waals surface area contributed by atoms with Gasteiger partial charge in [-0.25, -0.2) is 9.18 Å². The van der Waals surface area contributed by atoms with E-state index in [1.807, 2.05) is 54.8 Å². The van der Waals surface area contributed by atoms with Crippen LogP contribution >= 0.6 is 11.3 Å². The van der Waals surface area contributed by atoms with Gasteiger partial charge in [0.25, 0.3) is 0 Å². The highest BCUT2D eigenvalue weighted by Crippen LogP contribution is 2.46. The summed E-state index contributed by atoms with van der Waals surface area (Å²) in [5, 5.41) is 5.30. The number of carbonyl (C=O) groups excluding carboxylic acids is 2. The highest BCUT2D eigenvalue weighted by molar-refractivity contribution is 7.10. The quantitative estimate of drug-likeness (QED) is 0.463. The Morgan fingerprint density at radius 2 is 1.82 bits per heavy atom. The molecule has 1 aliphatic heterocycles. The molecule has 0 fully saturated rings. The Kier molecular flexibility index (Phi) is 6.16. The smallest absolute Gasteiger partial charge is 0.337 e. The molecule has 5 rings (SSSR count). The first kappa shape index (κ1) is 22.3. The van der Waals surface area contributed by atoms with E-state index in [-0.39, 0.29) is 24.1 Å². The summed E-state index contributed by atoms with van der Waals surface area (Å²) in [6.07, 6.45) is 0.942. The first-order valence-electron chi connectivity index (χ1n) is 11.2. The van der Waals surface area contributed by atoms with Crippen molar-refractivity contribution < 1.29 is 18.7 Å². The van der Waals surface area contributed by atoms with Crippen molar-refractivity contribution in [2.24, 2.45) is 0 Å². The molecule has 2 atom stereocenters. The summed E-state index contributed by atoms with van der Waals surface area (Å²) in [6.45, 7) is 2.02. The molecule has 0 radical (unpaired) electrons. The van der Waals surface area contributed by atoms with Crippen LogP contribution in [0.25, 0.3) is 0 Å². The molecule has 0 spiro atoms. The number of esters is 1. The third-order valence-electron chi connectivity index (χ3n) is 6.43. The summed E-state index contributed by atoms with van der Waals surface area (Å²) in [7, 11) is 0. The SMILES string of the molecule is CC1=C(C(=O)OCc2ccccc2)[C@@H](c2cccs2)C2=C(C[C@@H](c3ccc(F)cc3)CC2=O)N1. The number of dihydropyridines is 1. The molecule has 0 unspecified atom stereocenters. The van der Waals surface area contributed by atoms with Crippen LogP contribution < -0.4 is 5.32 Å². The molecule has 1 N–H and O–H groups in total. The van der Waals surface area contributed by atoms with Crippen molar-refractivity contribution in [1.82, 2.24) is 5.32 Å². The van der Waals surface area contributed by atoms with E-state index in [1.54, 1.807) is 12.1 Å². The van der Waals surface area contributed by atoms with Gasteiger partial charge in [0.1, 0.15) is 12.4 Å². The van der Waals surface area contributed by atoms with Gasteiger partial charge in [-0.1, -0.05) is 48.5 Å². The molecule has 0 saturated carbocycles. The van der Waals surface area contributed by atoms with Crippen molar-refractivity contribution in [3.63, 3.8) is 0 Å². The number of thiophene rings is 1. The van der Waals surface area contributed by atoms with Crippen molar-refractivity contribution >= 4 is 23.1 Å². The maximum Gasteiger partial charge on any atom is 0.337 e. The second-order valence-corrected chi connectivity index (χ2v) is 9.63. The summed E-state index contributed by atoms with van der Waals surface area (Å²) in [4.78, 5) is 27.7. The summed E-state index contributed by atoms with van der Waals surface area (Å²) in [6, 6.07) is 19.8. The van der Waals surface area contributed by atoms with Gasteiger partial charge in [0, 0.05) is 28.3 Å². The second-order valence-electron chi connectivity index (χ2n) is 8.65. The molecule has 0 amide bonds. The van der Waals surface area contributed by atoms with Gasteiger partial charge in [-0.15, -0.1) is 11.3 Å². The van der Waals surface area contributed by atoms with Crippen LogP contribution in [0.1, 0.15) is 47.6 Å². The van der Waals surface area contributed by atoms with Crippen molar-refractivity contribution in [1.29, 1.82) is 0 Å². The van der Waals surface area contributed by atoms with Crippen LogP contribution in [0.4, 0.5) is 4.39 Å². The summed E-state index contributed by atoms with van der Waals surface area (Å²) >= 11 is 1.53. The minimum atomic E-state index is -0.457. The Morgan fingerprint density at radius 3 is 2.53 bits per heavy atom. The molecule has 4 nitrogen and oxygen atoms in total. The largest absolute Gasteiger partial charge is 0.457 e.